The summed E-state index contributed by atoms with van der Waals surface area (Å²) in [7, 11) is 5.45. The average Bonchev–Trinajstić information content (AvgIpc) is 2.91. The van der Waals surface area contributed by atoms with E-state index in [2.05, 4.69) is 21.9 Å². The maximum atomic E-state index is 12.5. The van der Waals surface area contributed by atoms with Gasteiger partial charge in [0.25, 0.3) is 0 Å². The van der Waals surface area contributed by atoms with Gasteiger partial charge in [-0.15, -0.1) is 24.0 Å². The van der Waals surface area contributed by atoms with Crippen molar-refractivity contribution in [1.29, 1.82) is 0 Å². The Morgan fingerprint density at radius 2 is 1.90 bits per heavy atom. The van der Waals surface area contributed by atoms with Gasteiger partial charge in [-0.3, -0.25) is 9.79 Å². The van der Waals surface area contributed by atoms with Crippen molar-refractivity contribution in [2.45, 2.75) is 25.7 Å². The normalized spacial score (nSPS) is 17.0. The van der Waals surface area contributed by atoms with E-state index in [4.69, 9.17) is 0 Å². The average molecular weight is 428 g/mol. The fourth-order valence-corrected chi connectivity index (χ4v) is 3.04. The highest BCUT2D eigenvalue weighted by atomic mass is 127. The van der Waals surface area contributed by atoms with Crippen molar-refractivity contribution >= 4 is 47.6 Å². The summed E-state index contributed by atoms with van der Waals surface area (Å²) in [6.07, 6.45) is 6.30. The monoisotopic (exact) mass is 428 g/mol. The number of nitrogens with zero attached hydrogens (tertiary/aromatic N) is 2. The van der Waals surface area contributed by atoms with Gasteiger partial charge < -0.3 is 15.5 Å². The van der Waals surface area contributed by atoms with Crippen molar-refractivity contribution in [3.05, 3.63) is 0 Å². The highest BCUT2D eigenvalue weighted by Gasteiger charge is 2.41. The van der Waals surface area contributed by atoms with Gasteiger partial charge >= 0.3 is 0 Å². The number of thioether (sulfide) groups is 1. The van der Waals surface area contributed by atoms with Crippen molar-refractivity contribution in [1.82, 2.24) is 15.5 Å². The fourth-order valence-electron chi connectivity index (χ4n) is 2.74. The first-order valence-corrected chi connectivity index (χ1v) is 8.60. The van der Waals surface area contributed by atoms with Gasteiger partial charge in [0.05, 0.1) is 5.41 Å². The Hall–Kier alpha value is -0.180. The zero-order valence-corrected chi connectivity index (χ0v) is 16.7. The molecule has 1 saturated carbocycles. The molecule has 2 N–H and O–H groups in total. The van der Waals surface area contributed by atoms with E-state index in [9.17, 15) is 4.79 Å². The molecule has 1 rings (SSSR count). The van der Waals surface area contributed by atoms with Crippen LogP contribution in [0.1, 0.15) is 25.7 Å². The highest BCUT2D eigenvalue weighted by molar-refractivity contribution is 14.0. The Labute approximate surface area is 150 Å². The molecule has 0 heterocycles. The Balaban J connectivity index is 0.00000400. The number of carbonyl (C=O) groups excluding carboxylic acids is 1. The van der Waals surface area contributed by atoms with E-state index in [1.54, 1.807) is 23.7 Å². The molecule has 1 aliphatic rings. The van der Waals surface area contributed by atoms with Gasteiger partial charge in [-0.25, -0.2) is 0 Å². The van der Waals surface area contributed by atoms with E-state index in [0.717, 1.165) is 43.9 Å². The van der Waals surface area contributed by atoms with Gasteiger partial charge in [0, 0.05) is 40.0 Å². The molecule has 0 spiro atoms. The Bertz CT molecular complexity index is 344. The quantitative estimate of drug-likeness (QED) is 0.293. The van der Waals surface area contributed by atoms with Crippen molar-refractivity contribution in [3.8, 4) is 0 Å². The lowest BCUT2D eigenvalue weighted by atomic mass is 9.84. The van der Waals surface area contributed by atoms with Gasteiger partial charge in [-0.1, -0.05) is 12.8 Å². The standard InChI is InChI=1S/C14H28N4OS.HI/c1-15-13(16-9-10-20-4)17-11-14(7-5-6-8-14)12(19)18(2)3;/h5-11H2,1-4H3,(H2,15,16,17);1H. The summed E-state index contributed by atoms with van der Waals surface area (Å²) in [4.78, 5) is 18.4. The molecule has 124 valence electrons. The molecule has 0 aliphatic heterocycles. The molecular formula is C14H29IN4OS. The number of rotatable bonds is 6. The smallest absolute Gasteiger partial charge is 0.230 e. The minimum absolute atomic E-state index is 0. The first-order chi connectivity index (χ1) is 9.55. The molecule has 0 aromatic heterocycles. The molecule has 5 nitrogen and oxygen atoms in total. The summed E-state index contributed by atoms with van der Waals surface area (Å²) in [6.45, 7) is 1.55. The summed E-state index contributed by atoms with van der Waals surface area (Å²) in [5.74, 6) is 2.07. The van der Waals surface area contributed by atoms with E-state index >= 15 is 0 Å². The topological polar surface area (TPSA) is 56.7 Å². The lowest BCUT2D eigenvalue weighted by molar-refractivity contribution is -0.138. The third-order valence-electron chi connectivity index (χ3n) is 3.84. The lowest BCUT2D eigenvalue weighted by Gasteiger charge is -2.31. The number of aliphatic imine (C=N–C) groups is 1. The summed E-state index contributed by atoms with van der Waals surface area (Å²) in [5.41, 5.74) is -0.249. The van der Waals surface area contributed by atoms with E-state index in [1.165, 1.54) is 0 Å². The van der Waals surface area contributed by atoms with E-state index < -0.39 is 0 Å². The largest absolute Gasteiger partial charge is 0.356 e. The number of amides is 1. The minimum atomic E-state index is -0.249. The van der Waals surface area contributed by atoms with Crippen LogP contribution in [0.5, 0.6) is 0 Å². The molecule has 0 saturated heterocycles. The van der Waals surface area contributed by atoms with Crippen LogP contribution in [0.15, 0.2) is 4.99 Å². The SMILES string of the molecule is CN=C(NCCSC)NCC1(C(=O)N(C)C)CCCC1.I. The first kappa shape index (κ1) is 20.8. The van der Waals surface area contributed by atoms with Gasteiger partial charge in [-0.2, -0.15) is 11.8 Å². The van der Waals surface area contributed by atoms with Crippen molar-refractivity contribution in [2.24, 2.45) is 10.4 Å². The Morgan fingerprint density at radius 1 is 1.29 bits per heavy atom. The van der Waals surface area contributed by atoms with E-state index in [1.807, 2.05) is 14.1 Å². The van der Waals surface area contributed by atoms with Crippen molar-refractivity contribution < 1.29 is 4.79 Å². The van der Waals surface area contributed by atoms with Crippen LogP contribution in [0.4, 0.5) is 0 Å². The van der Waals surface area contributed by atoms with Crippen LogP contribution >= 0.6 is 35.7 Å². The number of carbonyl (C=O) groups is 1. The van der Waals surface area contributed by atoms with Crippen LogP contribution in [-0.4, -0.2) is 63.0 Å². The molecular weight excluding hydrogens is 399 g/mol. The Morgan fingerprint density at radius 3 is 2.38 bits per heavy atom. The third-order valence-corrected chi connectivity index (χ3v) is 4.45. The Kier molecular flexibility index (Phi) is 10.4. The van der Waals surface area contributed by atoms with Crippen LogP contribution in [0, 0.1) is 5.41 Å². The number of guanidine groups is 1. The zero-order chi connectivity index (χ0) is 15.0. The van der Waals surface area contributed by atoms with Gasteiger partial charge in [0.2, 0.25) is 5.91 Å². The first-order valence-electron chi connectivity index (χ1n) is 7.21. The van der Waals surface area contributed by atoms with Crippen LogP contribution in [0.3, 0.4) is 0 Å². The van der Waals surface area contributed by atoms with Gasteiger partial charge in [-0.05, 0) is 19.1 Å². The van der Waals surface area contributed by atoms with Crippen LogP contribution < -0.4 is 10.6 Å². The van der Waals surface area contributed by atoms with Crippen molar-refractivity contribution in [2.75, 3.05) is 46.2 Å². The molecule has 0 unspecified atom stereocenters. The van der Waals surface area contributed by atoms with E-state index in [0.29, 0.717) is 6.54 Å². The molecule has 1 fully saturated rings. The van der Waals surface area contributed by atoms with E-state index in [-0.39, 0.29) is 35.3 Å². The van der Waals surface area contributed by atoms with Gasteiger partial charge in [0.15, 0.2) is 5.96 Å². The summed E-state index contributed by atoms with van der Waals surface area (Å²) in [6, 6.07) is 0. The summed E-state index contributed by atoms with van der Waals surface area (Å²) >= 11 is 1.80. The summed E-state index contributed by atoms with van der Waals surface area (Å²) < 4.78 is 0. The molecule has 0 aromatic carbocycles. The number of halogens is 1. The maximum Gasteiger partial charge on any atom is 0.230 e. The van der Waals surface area contributed by atoms with Crippen LogP contribution in [0.2, 0.25) is 0 Å². The molecule has 0 aromatic rings. The third kappa shape index (κ3) is 6.22. The fraction of sp³-hybridized carbons (Fsp3) is 0.857. The molecule has 0 bridgehead atoms. The summed E-state index contributed by atoms with van der Waals surface area (Å²) in [5, 5.41) is 6.60. The molecule has 0 atom stereocenters. The lowest BCUT2D eigenvalue weighted by Crippen LogP contribution is -2.49. The molecule has 1 amide bonds. The predicted octanol–water partition coefficient (Wildman–Crippen LogP) is 1.78. The number of hydrogen-bond donors (Lipinski definition) is 2. The zero-order valence-electron chi connectivity index (χ0n) is 13.6. The molecule has 7 heteroatoms. The van der Waals surface area contributed by atoms with Crippen molar-refractivity contribution in [3.63, 3.8) is 0 Å². The second-order valence-electron chi connectivity index (χ2n) is 5.53. The van der Waals surface area contributed by atoms with Crippen LogP contribution in [-0.2, 0) is 4.79 Å². The molecule has 21 heavy (non-hydrogen) atoms. The molecule has 0 radical (unpaired) electrons. The second-order valence-corrected chi connectivity index (χ2v) is 6.52. The number of nitrogens with one attached hydrogen (secondary N) is 2. The maximum absolute atomic E-state index is 12.5. The predicted molar refractivity (Wildman–Crippen MR) is 103 cm³/mol. The minimum Gasteiger partial charge on any atom is -0.356 e. The van der Waals surface area contributed by atoms with Gasteiger partial charge in [0.1, 0.15) is 0 Å². The molecule has 1 aliphatic carbocycles. The second kappa shape index (κ2) is 10.5. The number of hydrogen-bond acceptors (Lipinski definition) is 3. The highest BCUT2D eigenvalue weighted by Crippen LogP contribution is 2.38. The van der Waals surface area contributed by atoms with Crippen LogP contribution in [0.25, 0.3) is 0 Å².